The fraction of sp³-hybridized carbons (Fsp3) is 0.250. The van der Waals surface area contributed by atoms with E-state index in [4.69, 9.17) is 4.42 Å². The minimum atomic E-state index is -0.303. The van der Waals surface area contributed by atoms with Crippen molar-refractivity contribution in [2.75, 3.05) is 0 Å². The van der Waals surface area contributed by atoms with Crippen molar-refractivity contribution in [1.82, 2.24) is 0 Å². The fourth-order valence-corrected chi connectivity index (χ4v) is 1.79. The van der Waals surface area contributed by atoms with Crippen molar-refractivity contribution in [3.8, 4) is 11.5 Å². The van der Waals surface area contributed by atoms with Crippen molar-refractivity contribution < 1.29 is 14.6 Å². The van der Waals surface area contributed by atoms with Gasteiger partial charge < -0.3 is 14.6 Å². The van der Waals surface area contributed by atoms with Gasteiger partial charge in [0.25, 0.3) is 0 Å². The summed E-state index contributed by atoms with van der Waals surface area (Å²) in [6.07, 6.45) is 0. The molecule has 0 spiro atoms. The fourth-order valence-electron chi connectivity index (χ4n) is 1.79. The molecule has 0 fully saturated rings. The third kappa shape index (κ3) is 1.26. The molecule has 16 heavy (non-hydrogen) atoms. The Balaban J connectivity index is 3.15. The van der Waals surface area contributed by atoms with E-state index < -0.39 is 0 Å². The number of phenols is 2. The Kier molecular flexibility index (Phi) is 2.15. The predicted octanol–water partition coefficient (Wildman–Crippen LogP) is 2.13. The van der Waals surface area contributed by atoms with E-state index in [-0.39, 0.29) is 27.9 Å². The summed E-state index contributed by atoms with van der Waals surface area (Å²) in [5, 5.41) is 19.7. The lowest BCUT2D eigenvalue weighted by molar-refractivity contribution is 0.441. The van der Waals surface area contributed by atoms with Gasteiger partial charge in [0.15, 0.2) is 5.43 Å². The zero-order valence-electron chi connectivity index (χ0n) is 9.29. The smallest absolute Gasteiger partial charge is 0.196 e. The van der Waals surface area contributed by atoms with E-state index in [0.29, 0.717) is 16.9 Å². The third-order valence-electron chi connectivity index (χ3n) is 2.71. The SMILES string of the molecule is Cc1cc(=O)c2c(O)c(C)c(O)c(C)c2o1. The molecule has 0 radical (unpaired) electrons. The number of rotatable bonds is 0. The maximum absolute atomic E-state index is 11.7. The van der Waals surface area contributed by atoms with Crippen LogP contribution in [0.4, 0.5) is 0 Å². The van der Waals surface area contributed by atoms with Crippen molar-refractivity contribution in [3.63, 3.8) is 0 Å². The second-order valence-corrected chi connectivity index (χ2v) is 3.87. The first kappa shape index (κ1) is 10.5. The summed E-state index contributed by atoms with van der Waals surface area (Å²) in [4.78, 5) is 11.7. The summed E-state index contributed by atoms with van der Waals surface area (Å²) in [5.41, 5.74) is 0.695. The van der Waals surface area contributed by atoms with Crippen LogP contribution in [0.25, 0.3) is 11.0 Å². The number of phenolic OH excluding ortho intramolecular Hbond substituents is 2. The van der Waals surface area contributed by atoms with Crippen LogP contribution in [0.5, 0.6) is 11.5 Å². The van der Waals surface area contributed by atoms with Crippen molar-refractivity contribution in [1.29, 1.82) is 0 Å². The Bertz CT molecular complexity index is 638. The van der Waals surface area contributed by atoms with E-state index in [2.05, 4.69) is 0 Å². The topological polar surface area (TPSA) is 70.7 Å². The minimum Gasteiger partial charge on any atom is -0.507 e. The first-order chi connectivity index (χ1) is 7.43. The number of aryl methyl sites for hydroxylation is 2. The maximum atomic E-state index is 11.7. The Labute approximate surface area is 91.8 Å². The molecule has 0 saturated heterocycles. The number of benzene rings is 1. The number of aromatic hydroxyl groups is 2. The summed E-state index contributed by atoms with van der Waals surface area (Å²) in [7, 11) is 0. The van der Waals surface area contributed by atoms with Crippen LogP contribution in [0, 0.1) is 20.8 Å². The third-order valence-corrected chi connectivity index (χ3v) is 2.71. The van der Waals surface area contributed by atoms with Gasteiger partial charge in [0.05, 0.1) is 0 Å². The monoisotopic (exact) mass is 220 g/mol. The van der Waals surface area contributed by atoms with E-state index >= 15 is 0 Å². The second kappa shape index (κ2) is 3.27. The van der Waals surface area contributed by atoms with E-state index in [1.54, 1.807) is 20.8 Å². The molecule has 4 heteroatoms. The highest BCUT2D eigenvalue weighted by atomic mass is 16.3. The average Bonchev–Trinajstić information content (AvgIpc) is 2.22. The molecule has 1 aromatic heterocycles. The van der Waals surface area contributed by atoms with Crippen LogP contribution in [0.3, 0.4) is 0 Å². The average molecular weight is 220 g/mol. The second-order valence-electron chi connectivity index (χ2n) is 3.87. The molecule has 0 amide bonds. The number of fused-ring (bicyclic) bond motifs is 1. The van der Waals surface area contributed by atoms with Gasteiger partial charge in [-0.25, -0.2) is 0 Å². The van der Waals surface area contributed by atoms with Gasteiger partial charge in [-0.05, 0) is 20.8 Å². The molecule has 4 nitrogen and oxygen atoms in total. The molecule has 0 aliphatic heterocycles. The Morgan fingerprint density at radius 2 is 1.69 bits per heavy atom. The summed E-state index contributed by atoms with van der Waals surface area (Å²) in [5.74, 6) is 0.189. The molecule has 0 unspecified atom stereocenters. The van der Waals surface area contributed by atoms with E-state index in [0.717, 1.165) is 0 Å². The van der Waals surface area contributed by atoms with E-state index in [9.17, 15) is 15.0 Å². The standard InChI is InChI=1S/C12H12O4/c1-5-4-8(13)9-11(15)6(2)10(14)7(3)12(9)16-5/h4,14-15H,1-3H3. The molecular formula is C12H12O4. The summed E-state index contributed by atoms with van der Waals surface area (Å²) < 4.78 is 5.37. The Hall–Kier alpha value is -1.97. The van der Waals surface area contributed by atoms with Crippen molar-refractivity contribution in [2.24, 2.45) is 0 Å². The summed E-state index contributed by atoms with van der Waals surface area (Å²) >= 11 is 0. The molecule has 2 aromatic rings. The van der Waals surface area contributed by atoms with Gasteiger partial charge >= 0.3 is 0 Å². The largest absolute Gasteiger partial charge is 0.507 e. The van der Waals surface area contributed by atoms with Crippen LogP contribution in [0.1, 0.15) is 16.9 Å². The van der Waals surface area contributed by atoms with Gasteiger partial charge in [-0.1, -0.05) is 0 Å². The molecule has 0 saturated carbocycles. The van der Waals surface area contributed by atoms with E-state index in [1.807, 2.05) is 0 Å². The van der Waals surface area contributed by atoms with Gasteiger partial charge in [-0.2, -0.15) is 0 Å². The minimum absolute atomic E-state index is 0.0428. The molecule has 0 aliphatic rings. The molecule has 2 N–H and O–H groups in total. The van der Waals surface area contributed by atoms with Crippen LogP contribution in [0.15, 0.2) is 15.3 Å². The highest BCUT2D eigenvalue weighted by Gasteiger charge is 2.17. The van der Waals surface area contributed by atoms with Gasteiger partial charge in [0.1, 0.15) is 28.2 Å². The highest BCUT2D eigenvalue weighted by molar-refractivity contribution is 5.89. The van der Waals surface area contributed by atoms with Gasteiger partial charge in [0, 0.05) is 17.2 Å². The molecule has 0 bridgehead atoms. The van der Waals surface area contributed by atoms with Crippen molar-refractivity contribution in [2.45, 2.75) is 20.8 Å². The van der Waals surface area contributed by atoms with Crippen LogP contribution in [-0.2, 0) is 0 Å². The first-order valence-electron chi connectivity index (χ1n) is 4.89. The lowest BCUT2D eigenvalue weighted by atomic mass is 10.0. The van der Waals surface area contributed by atoms with Crippen LogP contribution in [0.2, 0.25) is 0 Å². The maximum Gasteiger partial charge on any atom is 0.196 e. The van der Waals surface area contributed by atoms with Gasteiger partial charge in [0.2, 0.25) is 0 Å². The molecule has 1 aromatic carbocycles. The Morgan fingerprint density at radius 3 is 2.31 bits per heavy atom. The van der Waals surface area contributed by atoms with Gasteiger partial charge in [-0.3, -0.25) is 4.79 Å². The lowest BCUT2D eigenvalue weighted by Crippen LogP contribution is -2.02. The predicted molar refractivity (Wildman–Crippen MR) is 60.0 cm³/mol. The highest BCUT2D eigenvalue weighted by Crippen LogP contribution is 2.37. The first-order valence-corrected chi connectivity index (χ1v) is 4.89. The number of hydrogen-bond acceptors (Lipinski definition) is 4. The quantitative estimate of drug-likeness (QED) is 0.713. The number of hydrogen-bond donors (Lipinski definition) is 2. The normalized spacial score (nSPS) is 10.9. The molecule has 0 atom stereocenters. The molecule has 1 heterocycles. The van der Waals surface area contributed by atoms with Crippen LogP contribution < -0.4 is 5.43 Å². The molecule has 84 valence electrons. The summed E-state index contributed by atoms with van der Waals surface area (Å²) in [6.45, 7) is 4.84. The zero-order valence-corrected chi connectivity index (χ0v) is 9.29. The van der Waals surface area contributed by atoms with E-state index in [1.165, 1.54) is 6.07 Å². The van der Waals surface area contributed by atoms with Crippen molar-refractivity contribution >= 4 is 11.0 Å². The lowest BCUT2D eigenvalue weighted by Gasteiger charge is -2.09. The molecular weight excluding hydrogens is 208 g/mol. The molecule has 0 aliphatic carbocycles. The van der Waals surface area contributed by atoms with Gasteiger partial charge in [-0.15, -0.1) is 0 Å². The Morgan fingerprint density at radius 1 is 1.06 bits per heavy atom. The summed E-state index contributed by atoms with van der Waals surface area (Å²) in [6, 6.07) is 1.32. The molecule has 2 rings (SSSR count). The zero-order chi connectivity index (χ0) is 12.0. The van der Waals surface area contributed by atoms with Crippen molar-refractivity contribution in [3.05, 3.63) is 33.2 Å². The van der Waals surface area contributed by atoms with Crippen LogP contribution >= 0.6 is 0 Å². The van der Waals surface area contributed by atoms with Crippen LogP contribution in [-0.4, -0.2) is 10.2 Å².